The van der Waals surface area contributed by atoms with Crippen molar-refractivity contribution in [1.82, 2.24) is 0 Å². The van der Waals surface area contributed by atoms with Gasteiger partial charge in [0.2, 0.25) is 0 Å². The van der Waals surface area contributed by atoms with E-state index < -0.39 is 34.2 Å². The highest BCUT2D eigenvalue weighted by Crippen LogP contribution is 2.39. The minimum Gasteiger partial charge on any atom is -0.494 e. The number of carbonyl (C=O) groups excluding carboxylic acids is 4. The topological polar surface area (TPSA) is 142 Å². The minimum atomic E-state index is -3.12. The Labute approximate surface area is 545 Å². The van der Waals surface area contributed by atoms with E-state index in [4.69, 9.17) is 35.4 Å². The molecule has 9 rings (SSSR count). The monoisotopic (exact) mass is 1300 g/mol. The first kappa shape index (κ1) is 67.7. The second kappa shape index (κ2) is 33.6. The van der Waals surface area contributed by atoms with Crippen LogP contribution in [0.5, 0.6) is 23.0 Å². The summed E-state index contributed by atoms with van der Waals surface area (Å²) in [5.41, 5.74) is 6.09. The molecule has 1 aliphatic heterocycles. The summed E-state index contributed by atoms with van der Waals surface area (Å²) < 4.78 is 55.7. The number of hydrogen-bond acceptors (Lipinski definition) is 12. The molecule has 0 bridgehead atoms. The van der Waals surface area contributed by atoms with Gasteiger partial charge in [0.25, 0.3) is 0 Å². The summed E-state index contributed by atoms with van der Waals surface area (Å²) in [6.45, 7) is 10.3. The van der Waals surface area contributed by atoms with Crippen LogP contribution in [0.1, 0.15) is 89.4 Å². The summed E-state index contributed by atoms with van der Waals surface area (Å²) in [6.07, 6.45) is 16.2. The van der Waals surface area contributed by atoms with Gasteiger partial charge < -0.3 is 35.4 Å². The molecule has 8 aromatic rings. The number of ketones is 4. The molecule has 16 heteroatoms. The minimum absolute atomic E-state index is 0.0601. The smallest absolute Gasteiger partial charge is 0.317 e. The van der Waals surface area contributed by atoms with Crippen molar-refractivity contribution in [3.05, 3.63) is 287 Å². The quantitative estimate of drug-likeness (QED) is 0.0171. The van der Waals surface area contributed by atoms with Gasteiger partial charge >= 0.3 is 34.2 Å². The molecular weight excluding hydrogens is 1220 g/mol. The van der Waals surface area contributed by atoms with Crippen LogP contribution in [-0.4, -0.2) is 83.8 Å². The Morgan fingerprint density at radius 3 is 0.652 bits per heavy atom. The van der Waals surface area contributed by atoms with Gasteiger partial charge in [-0.15, -0.1) is 0 Å². The van der Waals surface area contributed by atoms with E-state index in [-0.39, 0.29) is 23.1 Å². The first-order valence-electron chi connectivity index (χ1n) is 31.4. The summed E-state index contributed by atoms with van der Waals surface area (Å²) in [7, 11) is -12.5. The third kappa shape index (κ3) is 21.7. The molecule has 0 amide bonds. The molecule has 0 aliphatic carbocycles. The summed E-state index contributed by atoms with van der Waals surface area (Å²) in [5.74, 6) is 2.62. The van der Waals surface area contributed by atoms with E-state index in [9.17, 15) is 19.2 Å². The van der Waals surface area contributed by atoms with E-state index >= 15 is 0 Å². The highest BCUT2D eigenvalue weighted by Gasteiger charge is 2.56. The van der Waals surface area contributed by atoms with Crippen LogP contribution in [0.3, 0.4) is 0 Å². The molecule has 0 spiro atoms. The largest absolute Gasteiger partial charge is 0.494 e. The lowest BCUT2D eigenvalue weighted by Gasteiger charge is -2.50. The predicted molar refractivity (Wildman–Crippen MR) is 375 cm³/mol. The molecule has 0 radical (unpaired) electrons. The van der Waals surface area contributed by atoms with Gasteiger partial charge in [0.05, 0.1) is 26.4 Å². The third-order valence-electron chi connectivity index (χ3n) is 15.4. The van der Waals surface area contributed by atoms with Crippen LogP contribution in [0, 0.1) is 0 Å². The van der Waals surface area contributed by atoms with Crippen molar-refractivity contribution in [2.45, 2.75) is 76.0 Å². The molecule has 1 aliphatic rings. The predicted octanol–water partition coefficient (Wildman–Crippen LogP) is 17.8. The van der Waals surface area contributed by atoms with Crippen molar-refractivity contribution in [3.63, 3.8) is 0 Å². The second-order valence-corrected chi connectivity index (χ2v) is 37.6. The van der Waals surface area contributed by atoms with Crippen LogP contribution in [0.4, 0.5) is 0 Å². The van der Waals surface area contributed by atoms with Crippen molar-refractivity contribution in [1.29, 1.82) is 0 Å². The van der Waals surface area contributed by atoms with Crippen LogP contribution in [0.2, 0.25) is 50.4 Å². The fourth-order valence-corrected chi connectivity index (χ4v) is 34.0. The van der Waals surface area contributed by atoms with Gasteiger partial charge in [-0.1, -0.05) is 194 Å². The van der Waals surface area contributed by atoms with Gasteiger partial charge in [0, 0.05) is 22.3 Å². The van der Waals surface area contributed by atoms with Crippen LogP contribution >= 0.6 is 0 Å². The van der Waals surface area contributed by atoms with Gasteiger partial charge in [-0.3, -0.25) is 19.2 Å². The average Bonchev–Trinajstić information content (AvgIpc) is 0.777. The molecule has 0 unspecified atom stereocenters. The molecule has 0 aromatic heterocycles. The van der Waals surface area contributed by atoms with Crippen molar-refractivity contribution < 1.29 is 54.6 Å². The maximum Gasteiger partial charge on any atom is 0.317 e. The van der Waals surface area contributed by atoms with E-state index in [1.54, 1.807) is 72.8 Å². The van der Waals surface area contributed by atoms with Gasteiger partial charge in [-0.2, -0.15) is 0 Å². The van der Waals surface area contributed by atoms with Crippen LogP contribution in [-0.2, 0) is 16.5 Å². The van der Waals surface area contributed by atoms with Crippen molar-refractivity contribution >= 4 is 81.7 Å². The number of rotatable bonds is 32. The van der Waals surface area contributed by atoms with E-state index in [0.29, 0.717) is 122 Å². The Bertz CT molecular complexity index is 3260. The molecule has 8 aromatic carbocycles. The number of ether oxygens (including phenoxy) is 4. The standard InChI is InChI=1S/C76H80O12Si4/c1-89(57-17-53-81-69-41-29-61(30-42-69)37-49-73(77)65-21-9-5-10-22-65)85-90(2,58-18-54-82-70-43-31-62(32-44-70)38-50-74(78)66-23-11-6-12-24-66)87-92(4,60-20-56-84-72-47-35-64(36-48-72)40-52-76(80)68-27-15-8-16-28-68)88-91(3,86-89)59-19-55-83-71-45-33-63(34-46-71)39-51-75(79)67-25-13-7-14-26-67/h5-16,21-52H,17-20,53-60H2,1-4H3. The van der Waals surface area contributed by atoms with Crippen molar-refractivity contribution in [2.24, 2.45) is 0 Å². The molecule has 1 fully saturated rings. The van der Waals surface area contributed by atoms with Crippen LogP contribution in [0.25, 0.3) is 24.3 Å². The molecule has 472 valence electrons. The third-order valence-corrected chi connectivity index (χ3v) is 34.2. The van der Waals surface area contributed by atoms with Crippen molar-refractivity contribution in [3.8, 4) is 23.0 Å². The highest BCUT2D eigenvalue weighted by molar-refractivity contribution is 6.94. The molecule has 12 nitrogen and oxygen atoms in total. The molecule has 92 heavy (non-hydrogen) atoms. The molecule has 1 saturated heterocycles. The summed E-state index contributed by atoms with van der Waals surface area (Å²) >= 11 is 0. The fraction of sp³-hybridized carbons (Fsp3) is 0.211. The zero-order chi connectivity index (χ0) is 64.5. The van der Waals surface area contributed by atoms with Gasteiger partial charge in [-0.25, -0.2) is 0 Å². The van der Waals surface area contributed by atoms with Gasteiger partial charge in [0.1, 0.15) is 23.0 Å². The maximum atomic E-state index is 12.7. The Hall–Kier alpha value is -8.69. The fourth-order valence-electron chi connectivity index (χ4n) is 10.8. The zero-order valence-electron chi connectivity index (χ0n) is 52.8. The molecule has 0 N–H and O–H groups in total. The number of carbonyl (C=O) groups is 4. The van der Waals surface area contributed by atoms with Crippen molar-refractivity contribution in [2.75, 3.05) is 26.4 Å². The number of benzene rings is 8. The number of hydrogen-bond donors (Lipinski definition) is 0. The Morgan fingerprint density at radius 1 is 0.283 bits per heavy atom. The first-order valence-corrected chi connectivity index (χ1v) is 41.5. The van der Waals surface area contributed by atoms with Crippen LogP contribution < -0.4 is 18.9 Å². The normalized spacial score (nSPS) is 19.2. The maximum absolute atomic E-state index is 12.7. The summed E-state index contributed by atoms with van der Waals surface area (Å²) in [4.78, 5) is 50.9. The summed E-state index contributed by atoms with van der Waals surface area (Å²) in [6, 6.07) is 70.1. The molecule has 0 atom stereocenters. The lowest BCUT2D eigenvalue weighted by molar-refractivity contribution is 0.103. The van der Waals surface area contributed by atoms with E-state index in [2.05, 4.69) is 26.2 Å². The van der Waals surface area contributed by atoms with Gasteiger partial charge in [-0.05, 0) is 171 Å². The molecule has 0 saturated carbocycles. The van der Waals surface area contributed by atoms with Gasteiger partial charge in [0.15, 0.2) is 23.1 Å². The second-order valence-electron chi connectivity index (χ2n) is 23.3. The van der Waals surface area contributed by atoms with Crippen LogP contribution in [0.15, 0.2) is 243 Å². The molecular formula is C76H80O12Si4. The van der Waals surface area contributed by atoms with E-state index in [0.717, 1.165) is 22.3 Å². The highest BCUT2D eigenvalue weighted by atomic mass is 28.5. The van der Waals surface area contributed by atoms with E-state index in [1.165, 1.54) is 0 Å². The average molecular weight is 1300 g/mol. The lowest BCUT2D eigenvalue weighted by Crippen LogP contribution is -2.67. The summed E-state index contributed by atoms with van der Waals surface area (Å²) in [5, 5.41) is 0. The van der Waals surface area contributed by atoms with E-state index in [1.807, 2.05) is 194 Å². The first-order chi connectivity index (χ1) is 44.6. The Balaban J connectivity index is 0.881. The SMILES string of the molecule is C[Si]1(CCCOc2ccc(C=CC(=O)c3ccccc3)cc2)O[Si](C)(CCCOc2ccc(C=CC(=O)c3ccccc3)cc2)O[Si](C)(CCCOc2ccc(C=CC(=O)c3ccccc3)cc2)O[Si](C)(CCCOc2ccc(C=CC(=O)c3ccccc3)cc2)O1. The number of allylic oxidation sites excluding steroid dienone is 4. The Kier molecular flexibility index (Phi) is 24.7. The molecule has 1 heterocycles. The zero-order valence-corrected chi connectivity index (χ0v) is 56.8. The lowest BCUT2D eigenvalue weighted by atomic mass is 10.1. The Morgan fingerprint density at radius 2 is 0.467 bits per heavy atom.